The van der Waals surface area contributed by atoms with E-state index in [1.54, 1.807) is 0 Å². The molecular formula is C13H23NO5. The summed E-state index contributed by atoms with van der Waals surface area (Å²) in [6, 6.07) is 0. The van der Waals surface area contributed by atoms with E-state index in [0.29, 0.717) is 0 Å². The normalized spacial score (nSPS) is 6.79. The van der Waals surface area contributed by atoms with Gasteiger partial charge in [0, 0.05) is 5.57 Å². The number of Topliss-reactive ketones (excluding diaryl/α,β-unsaturated/α-hetero) is 2. The molecule has 110 valence electrons. The summed E-state index contributed by atoms with van der Waals surface area (Å²) in [5, 5.41) is 7.89. The van der Waals surface area contributed by atoms with Crippen LogP contribution in [-0.2, 0) is 19.2 Å². The van der Waals surface area contributed by atoms with Gasteiger partial charge in [0.25, 0.3) is 0 Å². The third-order valence-corrected chi connectivity index (χ3v) is 0.566. The second-order valence-corrected chi connectivity index (χ2v) is 3.51. The summed E-state index contributed by atoms with van der Waals surface area (Å²) < 4.78 is 0. The first-order valence-electron chi connectivity index (χ1n) is 5.13. The molecule has 0 heterocycles. The fourth-order valence-corrected chi connectivity index (χ4v) is 0. The molecule has 0 saturated heterocycles. The van der Waals surface area contributed by atoms with E-state index >= 15 is 0 Å². The van der Waals surface area contributed by atoms with Crippen LogP contribution in [0.3, 0.4) is 0 Å². The molecule has 0 atom stereocenters. The molecule has 19 heavy (non-hydrogen) atoms. The zero-order valence-electron chi connectivity index (χ0n) is 12.1. The Morgan fingerprint density at radius 1 is 0.947 bits per heavy atom. The van der Waals surface area contributed by atoms with Gasteiger partial charge in [-0.2, -0.15) is 0 Å². The first-order chi connectivity index (χ1) is 8.38. The highest BCUT2D eigenvalue weighted by molar-refractivity contribution is 5.85. The van der Waals surface area contributed by atoms with Gasteiger partial charge in [0.05, 0.1) is 0 Å². The number of carbonyl (C=O) groups is 4. The van der Waals surface area contributed by atoms with Crippen LogP contribution in [0.2, 0.25) is 0 Å². The highest BCUT2D eigenvalue weighted by atomic mass is 16.4. The van der Waals surface area contributed by atoms with Crippen LogP contribution in [0.25, 0.3) is 0 Å². The first-order valence-corrected chi connectivity index (χ1v) is 5.13. The Kier molecular flexibility index (Phi) is 24.4. The van der Waals surface area contributed by atoms with Gasteiger partial charge in [-0.05, 0) is 40.7 Å². The van der Waals surface area contributed by atoms with Crippen LogP contribution in [-0.4, -0.2) is 28.5 Å². The molecule has 1 amide bonds. The smallest absolute Gasteiger partial charge is 0.330 e. The number of rotatable bonds is 2. The predicted molar refractivity (Wildman–Crippen MR) is 74.6 cm³/mol. The molecule has 0 aromatic heterocycles. The maximum absolute atomic E-state index is 9.60. The van der Waals surface area contributed by atoms with Crippen molar-refractivity contribution in [3.05, 3.63) is 24.8 Å². The summed E-state index contributed by atoms with van der Waals surface area (Å²) in [5.41, 5.74) is 4.71. The maximum atomic E-state index is 9.60. The highest BCUT2D eigenvalue weighted by Crippen LogP contribution is 1.81. The molecule has 0 aromatic carbocycles. The number of ketones is 2. The summed E-state index contributed by atoms with van der Waals surface area (Å²) in [6.45, 7) is 13.8. The van der Waals surface area contributed by atoms with E-state index in [4.69, 9.17) is 5.11 Å². The van der Waals surface area contributed by atoms with Crippen molar-refractivity contribution in [2.45, 2.75) is 34.6 Å². The van der Waals surface area contributed by atoms with Crippen molar-refractivity contribution >= 4 is 23.4 Å². The van der Waals surface area contributed by atoms with E-state index in [9.17, 15) is 19.2 Å². The molecule has 3 N–H and O–H groups in total. The molecule has 0 bridgehead atoms. The first kappa shape index (κ1) is 25.6. The van der Waals surface area contributed by atoms with E-state index in [0.717, 1.165) is 6.08 Å². The fraction of sp³-hybridized carbons (Fsp3) is 0.385. The maximum Gasteiger partial charge on any atom is 0.330 e. The lowest BCUT2D eigenvalue weighted by molar-refractivity contribution is -0.132. The van der Waals surface area contributed by atoms with Crippen molar-refractivity contribution in [2.24, 2.45) is 5.73 Å². The van der Waals surface area contributed by atoms with Gasteiger partial charge in [-0.25, -0.2) is 4.79 Å². The van der Waals surface area contributed by atoms with Crippen LogP contribution in [0.4, 0.5) is 0 Å². The van der Waals surface area contributed by atoms with Gasteiger partial charge in [0.15, 0.2) is 0 Å². The SMILES string of the molecule is C=C(C)C(=O)O.C=CC(N)=O.CC(C)=O.CC(C)=O. The van der Waals surface area contributed by atoms with Crippen molar-refractivity contribution in [1.29, 1.82) is 0 Å². The Morgan fingerprint density at radius 2 is 1.05 bits per heavy atom. The number of primary amides is 1. The second kappa shape index (κ2) is 18.1. The van der Waals surface area contributed by atoms with E-state index in [1.165, 1.54) is 34.6 Å². The quantitative estimate of drug-likeness (QED) is 0.740. The van der Waals surface area contributed by atoms with E-state index in [2.05, 4.69) is 18.9 Å². The number of carboxylic acid groups (broad SMARTS) is 1. The van der Waals surface area contributed by atoms with Crippen LogP contribution in [0.5, 0.6) is 0 Å². The Balaban J connectivity index is -0.0000000803. The van der Waals surface area contributed by atoms with Gasteiger partial charge >= 0.3 is 5.97 Å². The number of nitrogens with two attached hydrogens (primary N) is 1. The minimum absolute atomic E-state index is 0.167. The molecule has 0 aromatic rings. The van der Waals surface area contributed by atoms with E-state index in [1.807, 2.05) is 0 Å². The molecule has 0 rings (SSSR count). The number of carboxylic acids is 1. The minimum atomic E-state index is -0.935. The Bertz CT molecular complexity index is 300. The van der Waals surface area contributed by atoms with Crippen LogP contribution >= 0.6 is 0 Å². The van der Waals surface area contributed by atoms with Gasteiger partial charge in [-0.3, -0.25) is 4.79 Å². The zero-order valence-corrected chi connectivity index (χ0v) is 12.1. The predicted octanol–water partition coefficient (Wildman–Crippen LogP) is 1.50. The standard InChI is InChI=1S/C4H6O2.C3H5NO.2C3H6O/c1-3(2)4(5)6;1-2-3(4)5;2*1-3(2)4/h1H2,2H3,(H,5,6);2H,1H2,(H2,4,5);2*1-2H3. The lowest BCUT2D eigenvalue weighted by atomic mass is 10.4. The highest BCUT2D eigenvalue weighted by Gasteiger charge is 1.90. The third-order valence-electron chi connectivity index (χ3n) is 0.566. The Labute approximate surface area is 114 Å². The van der Waals surface area contributed by atoms with Crippen LogP contribution in [0.15, 0.2) is 24.8 Å². The summed E-state index contributed by atoms with van der Waals surface area (Å²) >= 11 is 0. The molecule has 6 heteroatoms. The number of hydrogen-bond acceptors (Lipinski definition) is 4. The van der Waals surface area contributed by atoms with Crippen molar-refractivity contribution in [2.75, 3.05) is 0 Å². The van der Waals surface area contributed by atoms with Crippen molar-refractivity contribution in [3.8, 4) is 0 Å². The molecule has 0 radical (unpaired) electrons. The molecule has 0 aliphatic heterocycles. The summed E-state index contributed by atoms with van der Waals surface area (Å²) in [6.07, 6.45) is 1.06. The molecular weight excluding hydrogens is 250 g/mol. The molecule has 0 spiro atoms. The Hall–Kier alpha value is -2.24. The minimum Gasteiger partial charge on any atom is -0.478 e. The number of hydrogen-bond donors (Lipinski definition) is 2. The van der Waals surface area contributed by atoms with Crippen molar-refractivity contribution < 1.29 is 24.3 Å². The fourth-order valence-electron chi connectivity index (χ4n) is 0. The molecule has 0 unspecified atom stereocenters. The monoisotopic (exact) mass is 273 g/mol. The average Bonchev–Trinajstić information content (AvgIpc) is 2.16. The van der Waals surface area contributed by atoms with E-state index < -0.39 is 11.9 Å². The topological polar surface area (TPSA) is 115 Å². The second-order valence-electron chi connectivity index (χ2n) is 3.51. The van der Waals surface area contributed by atoms with Gasteiger partial charge in [0.2, 0.25) is 5.91 Å². The van der Waals surface area contributed by atoms with Gasteiger partial charge < -0.3 is 20.4 Å². The van der Waals surface area contributed by atoms with E-state index in [-0.39, 0.29) is 17.1 Å². The number of carbonyl (C=O) groups excluding carboxylic acids is 3. The van der Waals surface area contributed by atoms with Crippen LogP contribution in [0.1, 0.15) is 34.6 Å². The van der Waals surface area contributed by atoms with Crippen molar-refractivity contribution in [1.82, 2.24) is 0 Å². The average molecular weight is 273 g/mol. The molecule has 0 aliphatic carbocycles. The van der Waals surface area contributed by atoms with Crippen molar-refractivity contribution in [3.63, 3.8) is 0 Å². The largest absolute Gasteiger partial charge is 0.478 e. The lowest BCUT2D eigenvalue weighted by Crippen LogP contribution is -2.04. The zero-order chi connectivity index (χ0) is 16.6. The lowest BCUT2D eigenvalue weighted by Gasteiger charge is -1.79. The summed E-state index contributed by atoms with van der Waals surface area (Å²) in [4.78, 5) is 38.0. The molecule has 0 saturated carbocycles. The summed E-state index contributed by atoms with van der Waals surface area (Å²) in [7, 11) is 0. The number of aliphatic carboxylic acids is 1. The Morgan fingerprint density at radius 3 is 1.05 bits per heavy atom. The van der Waals surface area contributed by atoms with Crippen LogP contribution < -0.4 is 5.73 Å². The van der Waals surface area contributed by atoms with Crippen LogP contribution in [0, 0.1) is 0 Å². The molecule has 0 aliphatic rings. The third kappa shape index (κ3) is 211. The van der Waals surface area contributed by atoms with Gasteiger partial charge in [-0.1, -0.05) is 13.2 Å². The summed E-state index contributed by atoms with van der Waals surface area (Å²) in [5.74, 6) is -1.08. The van der Waals surface area contributed by atoms with Gasteiger partial charge in [-0.15, -0.1) is 0 Å². The molecule has 6 nitrogen and oxygen atoms in total. The number of amides is 1. The molecule has 0 fully saturated rings. The van der Waals surface area contributed by atoms with Gasteiger partial charge in [0.1, 0.15) is 11.6 Å².